The van der Waals surface area contributed by atoms with E-state index < -0.39 is 18.2 Å². The Balaban J connectivity index is 1.71. The molecule has 5 nitrogen and oxygen atoms in total. The summed E-state index contributed by atoms with van der Waals surface area (Å²) >= 11 is 0. The Kier molecular flexibility index (Phi) is 9.51. The Morgan fingerprint density at radius 1 is 1.07 bits per heavy atom. The number of rotatable bonds is 12. The predicted molar refractivity (Wildman–Crippen MR) is 109 cm³/mol. The molecule has 1 aromatic rings. The third kappa shape index (κ3) is 7.64. The highest BCUT2D eigenvalue weighted by molar-refractivity contribution is 5.66. The number of benzene rings is 1. The quantitative estimate of drug-likeness (QED) is 0.319. The summed E-state index contributed by atoms with van der Waals surface area (Å²) in [7, 11) is 0. The van der Waals surface area contributed by atoms with Crippen LogP contribution in [0.25, 0.3) is 0 Å². The van der Waals surface area contributed by atoms with Crippen molar-refractivity contribution in [1.29, 1.82) is 0 Å². The fourth-order valence-electron chi connectivity index (χ4n) is 4.18. The third-order valence-electron chi connectivity index (χ3n) is 5.70. The first-order chi connectivity index (χ1) is 13.5. The molecule has 0 aromatic heterocycles. The number of aryl methyl sites for hydroxylation is 1. The number of hydrogen-bond donors (Lipinski definition) is 4. The number of carboxylic acid groups (broad SMARTS) is 1. The summed E-state index contributed by atoms with van der Waals surface area (Å²) in [5.41, 5.74) is 1.12. The minimum absolute atomic E-state index is 0.00482. The lowest BCUT2D eigenvalue weighted by molar-refractivity contribution is -0.137. The Morgan fingerprint density at radius 3 is 2.61 bits per heavy atom. The zero-order chi connectivity index (χ0) is 20.4. The molecule has 0 bridgehead atoms. The number of aliphatic hydroxyl groups is 2. The lowest BCUT2D eigenvalue weighted by Crippen LogP contribution is -2.20. The molecule has 0 aliphatic heterocycles. The van der Waals surface area contributed by atoms with Gasteiger partial charge in [0, 0.05) is 18.8 Å². The Labute approximate surface area is 167 Å². The SMILES string of the molecule is O=C(O)CCCCCC[C@@H]1[C@@H](C=CCCCc2cccc(O)c2)[C@H](O)C[C@@H]1O. The first-order valence-corrected chi connectivity index (χ1v) is 10.5. The molecule has 0 saturated heterocycles. The highest BCUT2D eigenvalue weighted by atomic mass is 16.4. The lowest BCUT2D eigenvalue weighted by Gasteiger charge is -2.20. The van der Waals surface area contributed by atoms with Crippen molar-refractivity contribution in [2.24, 2.45) is 11.8 Å². The minimum atomic E-state index is -0.747. The average molecular weight is 391 g/mol. The van der Waals surface area contributed by atoms with Crippen LogP contribution in [0.15, 0.2) is 36.4 Å². The van der Waals surface area contributed by atoms with E-state index in [1.807, 2.05) is 12.1 Å². The number of aliphatic hydroxyl groups excluding tert-OH is 2. The number of phenolic OH excluding ortho intramolecular Hbond substituents is 1. The molecule has 28 heavy (non-hydrogen) atoms. The van der Waals surface area contributed by atoms with Crippen molar-refractivity contribution in [2.45, 2.75) is 76.4 Å². The zero-order valence-electron chi connectivity index (χ0n) is 16.5. The van der Waals surface area contributed by atoms with Gasteiger partial charge in [0.1, 0.15) is 5.75 Å². The van der Waals surface area contributed by atoms with Gasteiger partial charge in [-0.1, -0.05) is 43.5 Å². The molecular weight excluding hydrogens is 356 g/mol. The summed E-state index contributed by atoms with van der Waals surface area (Å²) < 4.78 is 0. The van der Waals surface area contributed by atoms with E-state index in [-0.39, 0.29) is 18.3 Å². The summed E-state index contributed by atoms with van der Waals surface area (Å²) in [5, 5.41) is 38.7. The van der Waals surface area contributed by atoms with Crippen LogP contribution in [0, 0.1) is 11.8 Å². The van der Waals surface area contributed by atoms with Crippen molar-refractivity contribution >= 4 is 5.97 Å². The van der Waals surface area contributed by atoms with Gasteiger partial charge >= 0.3 is 5.97 Å². The first-order valence-electron chi connectivity index (χ1n) is 10.5. The molecule has 0 radical (unpaired) electrons. The van der Waals surface area contributed by atoms with E-state index in [9.17, 15) is 20.1 Å². The smallest absolute Gasteiger partial charge is 0.303 e. The van der Waals surface area contributed by atoms with Crippen LogP contribution in [0.5, 0.6) is 5.75 Å². The normalized spacial score (nSPS) is 24.8. The number of aliphatic carboxylic acids is 1. The minimum Gasteiger partial charge on any atom is -0.508 e. The van der Waals surface area contributed by atoms with E-state index in [1.165, 1.54) is 0 Å². The largest absolute Gasteiger partial charge is 0.508 e. The number of allylic oxidation sites excluding steroid dienone is 1. The number of unbranched alkanes of at least 4 members (excludes halogenated alkanes) is 4. The van der Waals surface area contributed by atoms with E-state index in [0.29, 0.717) is 18.6 Å². The van der Waals surface area contributed by atoms with Crippen molar-refractivity contribution < 1.29 is 25.2 Å². The average Bonchev–Trinajstić information content (AvgIpc) is 2.90. The topological polar surface area (TPSA) is 98.0 Å². The molecule has 2 rings (SSSR count). The molecule has 156 valence electrons. The molecule has 4 N–H and O–H groups in total. The number of hydrogen-bond acceptors (Lipinski definition) is 4. The van der Waals surface area contributed by atoms with Crippen molar-refractivity contribution in [3.05, 3.63) is 42.0 Å². The van der Waals surface area contributed by atoms with Gasteiger partial charge in [-0.05, 0) is 55.7 Å². The van der Waals surface area contributed by atoms with Crippen molar-refractivity contribution in [1.82, 2.24) is 0 Å². The molecule has 5 heteroatoms. The van der Waals surface area contributed by atoms with Crippen LogP contribution >= 0.6 is 0 Å². The molecule has 0 heterocycles. The number of carboxylic acids is 1. The predicted octanol–water partition coefficient (Wildman–Crippen LogP) is 4.05. The monoisotopic (exact) mass is 390 g/mol. The Hall–Kier alpha value is -1.85. The van der Waals surface area contributed by atoms with Crippen LogP contribution in [-0.2, 0) is 11.2 Å². The van der Waals surface area contributed by atoms with Crippen LogP contribution in [0.3, 0.4) is 0 Å². The molecule has 1 aromatic carbocycles. The van der Waals surface area contributed by atoms with Gasteiger partial charge in [-0.25, -0.2) is 0 Å². The Bertz CT molecular complexity index is 627. The maximum absolute atomic E-state index is 10.5. The van der Waals surface area contributed by atoms with Crippen molar-refractivity contribution in [3.8, 4) is 5.75 Å². The zero-order valence-corrected chi connectivity index (χ0v) is 16.5. The number of carbonyl (C=O) groups is 1. The van der Waals surface area contributed by atoms with Gasteiger partial charge in [0.15, 0.2) is 0 Å². The second-order valence-electron chi connectivity index (χ2n) is 7.95. The summed E-state index contributed by atoms with van der Waals surface area (Å²) in [4.78, 5) is 10.5. The van der Waals surface area contributed by atoms with E-state index in [4.69, 9.17) is 5.11 Å². The van der Waals surface area contributed by atoms with Gasteiger partial charge in [-0.15, -0.1) is 0 Å². The van der Waals surface area contributed by atoms with Gasteiger partial charge in [-0.2, -0.15) is 0 Å². The van der Waals surface area contributed by atoms with Crippen LogP contribution in [0.1, 0.15) is 63.4 Å². The molecule has 0 spiro atoms. The Morgan fingerprint density at radius 2 is 1.86 bits per heavy atom. The summed E-state index contributed by atoms with van der Waals surface area (Å²) in [6.45, 7) is 0. The van der Waals surface area contributed by atoms with Gasteiger partial charge in [0.05, 0.1) is 12.2 Å². The molecule has 0 unspecified atom stereocenters. The molecule has 0 amide bonds. The fraction of sp³-hybridized carbons (Fsp3) is 0.609. The fourth-order valence-corrected chi connectivity index (χ4v) is 4.18. The maximum atomic E-state index is 10.5. The molecule has 1 aliphatic rings. The standard InChI is InChI=1S/C23H34O5/c24-18-11-8-10-17(15-18)9-4-3-6-13-20-19(21(25)16-22(20)26)12-5-1-2-7-14-23(27)28/h6,8,10-11,13,15,19-22,24-26H,1-5,7,9,12,14,16H2,(H,27,28)/t19-,20-,21+,22-/m1/s1. The molecular formula is C23H34O5. The maximum Gasteiger partial charge on any atom is 0.303 e. The van der Waals surface area contributed by atoms with Gasteiger partial charge in [-0.3, -0.25) is 4.79 Å². The van der Waals surface area contributed by atoms with E-state index in [0.717, 1.165) is 50.5 Å². The van der Waals surface area contributed by atoms with E-state index >= 15 is 0 Å². The van der Waals surface area contributed by atoms with Crippen molar-refractivity contribution in [2.75, 3.05) is 0 Å². The van der Waals surface area contributed by atoms with Gasteiger partial charge < -0.3 is 20.4 Å². The first kappa shape index (κ1) is 22.4. The lowest BCUT2D eigenvalue weighted by atomic mass is 9.88. The van der Waals surface area contributed by atoms with Crippen LogP contribution < -0.4 is 0 Å². The van der Waals surface area contributed by atoms with Gasteiger partial charge in [0.2, 0.25) is 0 Å². The van der Waals surface area contributed by atoms with E-state index in [2.05, 4.69) is 12.2 Å². The molecule has 1 fully saturated rings. The highest BCUT2D eigenvalue weighted by Crippen LogP contribution is 2.37. The summed E-state index contributed by atoms with van der Waals surface area (Å²) in [5.74, 6) is -0.378. The van der Waals surface area contributed by atoms with Crippen molar-refractivity contribution in [3.63, 3.8) is 0 Å². The van der Waals surface area contributed by atoms with Crippen LogP contribution in [-0.4, -0.2) is 38.6 Å². The summed E-state index contributed by atoms with van der Waals surface area (Å²) in [6, 6.07) is 7.31. The molecule has 1 saturated carbocycles. The van der Waals surface area contributed by atoms with Crippen LogP contribution in [0.2, 0.25) is 0 Å². The van der Waals surface area contributed by atoms with Crippen LogP contribution in [0.4, 0.5) is 0 Å². The highest BCUT2D eigenvalue weighted by Gasteiger charge is 2.39. The molecule has 4 atom stereocenters. The molecule has 1 aliphatic carbocycles. The third-order valence-corrected chi connectivity index (χ3v) is 5.70. The van der Waals surface area contributed by atoms with E-state index in [1.54, 1.807) is 12.1 Å². The second kappa shape index (κ2) is 11.9. The second-order valence-corrected chi connectivity index (χ2v) is 7.95. The number of phenols is 1. The number of aromatic hydroxyl groups is 1. The summed E-state index contributed by atoms with van der Waals surface area (Å²) in [6.07, 6.45) is 11.0. The van der Waals surface area contributed by atoms with Gasteiger partial charge in [0.25, 0.3) is 0 Å².